The van der Waals surface area contributed by atoms with Crippen LogP contribution in [0.2, 0.25) is 0 Å². The summed E-state index contributed by atoms with van der Waals surface area (Å²) in [6.45, 7) is 12.6. The van der Waals surface area contributed by atoms with E-state index in [0.717, 1.165) is 24.1 Å². The molecule has 0 unspecified atom stereocenters. The van der Waals surface area contributed by atoms with Crippen molar-refractivity contribution < 1.29 is 14.7 Å². The molecule has 0 bridgehead atoms. The number of carboxylic acid groups (broad SMARTS) is 1. The number of oxime groups is 1. The van der Waals surface area contributed by atoms with Crippen LogP contribution < -0.4 is 0 Å². The van der Waals surface area contributed by atoms with Crippen molar-refractivity contribution in [1.29, 1.82) is 0 Å². The van der Waals surface area contributed by atoms with Gasteiger partial charge in [-0.15, -0.1) is 0 Å². The summed E-state index contributed by atoms with van der Waals surface area (Å²) in [5.41, 5.74) is 3.63. The Morgan fingerprint density at radius 3 is 2.75 bits per heavy atom. The minimum Gasteiger partial charge on any atom is -0.481 e. The minimum absolute atomic E-state index is 0.00877. The zero-order valence-electron chi connectivity index (χ0n) is 17.2. The van der Waals surface area contributed by atoms with Gasteiger partial charge in [-0.3, -0.25) is 4.79 Å². The van der Waals surface area contributed by atoms with Gasteiger partial charge in [0.1, 0.15) is 6.61 Å². The van der Waals surface area contributed by atoms with Gasteiger partial charge in [-0.05, 0) is 77.2 Å². The maximum absolute atomic E-state index is 12.3. The molecule has 0 amide bonds. The van der Waals surface area contributed by atoms with Crippen molar-refractivity contribution in [1.82, 2.24) is 0 Å². The van der Waals surface area contributed by atoms with Gasteiger partial charge in [-0.1, -0.05) is 57.1 Å². The minimum atomic E-state index is -0.758. The van der Waals surface area contributed by atoms with E-state index in [2.05, 4.69) is 67.2 Å². The van der Waals surface area contributed by atoms with E-state index in [4.69, 9.17) is 4.84 Å². The van der Waals surface area contributed by atoms with Crippen molar-refractivity contribution >= 4 is 34.3 Å². The Hall–Kier alpha value is -1.37. The Labute approximate surface area is 181 Å². The van der Waals surface area contributed by atoms with Crippen molar-refractivity contribution in [3.63, 3.8) is 0 Å². The molecule has 0 aliphatic heterocycles. The molecule has 1 saturated carbocycles. The number of fused-ring (bicyclic) bond motifs is 3. The molecule has 1 aromatic rings. The molecule has 152 valence electrons. The number of rotatable bonds is 5. The molecule has 3 atom stereocenters. The van der Waals surface area contributed by atoms with Gasteiger partial charge >= 0.3 is 5.97 Å². The highest BCUT2D eigenvalue weighted by Gasteiger charge is 2.57. The highest BCUT2D eigenvalue weighted by molar-refractivity contribution is 14.1. The van der Waals surface area contributed by atoms with Crippen molar-refractivity contribution in [2.75, 3.05) is 6.61 Å². The Morgan fingerprint density at radius 2 is 2.14 bits per heavy atom. The number of halogens is 1. The second-order valence-corrected chi connectivity index (χ2v) is 10.00. The molecule has 28 heavy (non-hydrogen) atoms. The van der Waals surface area contributed by atoms with Crippen LogP contribution in [-0.2, 0) is 15.0 Å². The first kappa shape index (κ1) is 21.3. The third-order valence-electron chi connectivity index (χ3n) is 6.88. The molecule has 2 aliphatic carbocycles. The second-order valence-electron chi connectivity index (χ2n) is 8.92. The third-order valence-corrected chi connectivity index (χ3v) is 8.04. The standard InChI is InChI=1S/C23H30INO3/c1-6-12-28-25-17-13-18-22(4,10-7-11-23(18,5)21(26)27)16-9-8-15(14(2)3)20(24)19(16)17/h6,8-9,14,18H,1,7,10-13H2,2-5H3,(H,26,27)/t18-,22-,23-/m1/s1. The maximum atomic E-state index is 12.3. The van der Waals surface area contributed by atoms with E-state index in [1.165, 1.54) is 14.7 Å². The molecule has 1 aromatic carbocycles. The van der Waals surface area contributed by atoms with Crippen LogP contribution in [0.1, 0.15) is 76.0 Å². The van der Waals surface area contributed by atoms with E-state index in [-0.39, 0.29) is 11.3 Å². The monoisotopic (exact) mass is 495 g/mol. The van der Waals surface area contributed by atoms with Crippen molar-refractivity contribution in [2.45, 2.75) is 64.7 Å². The van der Waals surface area contributed by atoms with Crippen molar-refractivity contribution in [3.05, 3.63) is 45.0 Å². The molecular weight excluding hydrogens is 465 g/mol. The number of nitrogens with zero attached hydrogens (tertiary/aromatic N) is 1. The molecule has 0 saturated heterocycles. The van der Waals surface area contributed by atoms with Crippen molar-refractivity contribution in [2.24, 2.45) is 16.5 Å². The lowest BCUT2D eigenvalue weighted by atomic mass is 9.49. The Kier molecular flexibility index (Phi) is 5.95. The molecule has 0 aromatic heterocycles. The lowest BCUT2D eigenvalue weighted by molar-refractivity contribution is -0.156. The van der Waals surface area contributed by atoms with E-state index in [1.54, 1.807) is 6.08 Å². The highest BCUT2D eigenvalue weighted by atomic mass is 127. The summed E-state index contributed by atoms with van der Waals surface area (Å²) < 4.78 is 1.22. The fourth-order valence-electron chi connectivity index (χ4n) is 5.25. The highest BCUT2D eigenvalue weighted by Crippen LogP contribution is 2.58. The zero-order valence-corrected chi connectivity index (χ0v) is 19.4. The quantitative estimate of drug-likeness (QED) is 0.241. The Balaban J connectivity index is 2.24. The number of hydrogen-bond acceptors (Lipinski definition) is 3. The topological polar surface area (TPSA) is 58.9 Å². The van der Waals surface area contributed by atoms with E-state index < -0.39 is 11.4 Å². The molecule has 3 rings (SSSR count). The van der Waals surface area contributed by atoms with Crippen LogP contribution in [0.5, 0.6) is 0 Å². The Morgan fingerprint density at radius 1 is 1.43 bits per heavy atom. The molecule has 5 heteroatoms. The molecule has 4 nitrogen and oxygen atoms in total. The second kappa shape index (κ2) is 7.81. The number of carboxylic acids is 1. The molecule has 2 aliphatic rings. The van der Waals surface area contributed by atoms with Gasteiger partial charge in [0, 0.05) is 9.13 Å². The first-order valence-corrected chi connectivity index (χ1v) is 11.1. The Bertz CT molecular complexity index is 831. The van der Waals surface area contributed by atoms with Gasteiger partial charge in [0.25, 0.3) is 0 Å². The average molecular weight is 495 g/mol. The largest absolute Gasteiger partial charge is 0.481 e. The van der Waals surface area contributed by atoms with Crippen LogP contribution in [0.4, 0.5) is 0 Å². The van der Waals surface area contributed by atoms with Crippen LogP contribution in [0, 0.1) is 14.9 Å². The summed E-state index contributed by atoms with van der Waals surface area (Å²) in [5.74, 6) is -0.300. The summed E-state index contributed by atoms with van der Waals surface area (Å²) in [4.78, 5) is 17.8. The predicted molar refractivity (Wildman–Crippen MR) is 121 cm³/mol. The van der Waals surface area contributed by atoms with E-state index in [1.807, 2.05) is 6.92 Å². The number of benzene rings is 1. The van der Waals surface area contributed by atoms with Gasteiger partial charge in [0.15, 0.2) is 0 Å². The normalized spacial score (nSPS) is 30.6. The van der Waals surface area contributed by atoms with Crippen LogP contribution in [0.25, 0.3) is 0 Å². The summed E-state index contributed by atoms with van der Waals surface area (Å²) in [6.07, 6.45) is 4.94. The first-order valence-electron chi connectivity index (χ1n) is 10.0. The van der Waals surface area contributed by atoms with Gasteiger partial charge in [-0.2, -0.15) is 0 Å². The smallest absolute Gasteiger partial charge is 0.309 e. The molecular formula is C23H30INO3. The number of aliphatic carboxylic acids is 1. The summed E-state index contributed by atoms with van der Waals surface area (Å²) in [5, 5.41) is 14.6. The fraction of sp³-hybridized carbons (Fsp3) is 0.565. The summed E-state index contributed by atoms with van der Waals surface area (Å²) >= 11 is 2.43. The molecule has 0 heterocycles. The van der Waals surface area contributed by atoms with Gasteiger partial charge in [0.2, 0.25) is 0 Å². The van der Waals surface area contributed by atoms with Crippen molar-refractivity contribution in [3.8, 4) is 0 Å². The van der Waals surface area contributed by atoms with Crippen LogP contribution in [0.15, 0.2) is 29.9 Å². The first-order chi connectivity index (χ1) is 13.2. The maximum Gasteiger partial charge on any atom is 0.309 e. The van der Waals surface area contributed by atoms with E-state index >= 15 is 0 Å². The predicted octanol–water partition coefficient (Wildman–Crippen LogP) is 5.87. The van der Waals surface area contributed by atoms with E-state index in [9.17, 15) is 9.90 Å². The molecule has 1 N–H and O–H groups in total. The summed E-state index contributed by atoms with van der Waals surface area (Å²) in [6, 6.07) is 4.43. The molecule has 1 fully saturated rings. The van der Waals surface area contributed by atoms with Gasteiger partial charge < -0.3 is 9.94 Å². The fourth-order valence-corrected chi connectivity index (χ4v) is 6.65. The molecule has 0 spiro atoms. The van der Waals surface area contributed by atoms with Crippen LogP contribution in [0.3, 0.4) is 0 Å². The van der Waals surface area contributed by atoms with Gasteiger partial charge in [-0.25, -0.2) is 0 Å². The SMILES string of the molecule is C=CCON=C1C[C@H]2[C@](C)(C(=O)O)CCC[C@]2(C)c2ccc(C(C)C)c(I)c21. The lowest BCUT2D eigenvalue weighted by Gasteiger charge is -2.53. The summed E-state index contributed by atoms with van der Waals surface area (Å²) in [7, 11) is 0. The third kappa shape index (κ3) is 3.29. The van der Waals surface area contributed by atoms with Crippen LogP contribution >= 0.6 is 22.6 Å². The van der Waals surface area contributed by atoms with E-state index in [0.29, 0.717) is 25.4 Å². The van der Waals surface area contributed by atoms with Crippen LogP contribution in [-0.4, -0.2) is 23.4 Å². The zero-order chi connectivity index (χ0) is 20.7. The van der Waals surface area contributed by atoms with Gasteiger partial charge in [0.05, 0.1) is 11.1 Å². The molecule has 0 radical (unpaired) electrons. The lowest BCUT2D eigenvalue weighted by Crippen LogP contribution is -2.53. The number of carbonyl (C=O) groups is 1. The number of hydrogen-bond donors (Lipinski definition) is 1. The average Bonchev–Trinajstić information content (AvgIpc) is 2.62.